The van der Waals surface area contributed by atoms with Gasteiger partial charge in [0.25, 0.3) is 0 Å². The van der Waals surface area contributed by atoms with Crippen molar-refractivity contribution < 1.29 is 31.1 Å². The average Bonchev–Trinajstić information content (AvgIpc) is 3.29. The van der Waals surface area contributed by atoms with Crippen molar-refractivity contribution in [1.82, 2.24) is 4.72 Å². The highest BCUT2D eigenvalue weighted by Gasteiger charge is 2.30. The molecule has 0 saturated carbocycles. The Morgan fingerprint density at radius 1 is 1.12 bits per heavy atom. The molecule has 3 aromatic rings. The van der Waals surface area contributed by atoms with Gasteiger partial charge in [-0.2, -0.15) is 24.5 Å². The predicted octanol–water partition coefficient (Wildman–Crippen LogP) is 4.16. The number of hydrogen-bond donors (Lipinski definition) is 3. The van der Waals surface area contributed by atoms with Crippen molar-refractivity contribution in [3.63, 3.8) is 0 Å². The highest BCUT2D eigenvalue weighted by molar-refractivity contribution is 7.89. The smallest absolute Gasteiger partial charge is 0.378 e. The average molecular weight is 512 g/mol. The number of sulfonamides is 1. The van der Waals surface area contributed by atoms with Crippen molar-refractivity contribution in [3.05, 3.63) is 64.9 Å². The monoisotopic (exact) mass is 511 g/mol. The van der Waals surface area contributed by atoms with Crippen LogP contribution in [0.5, 0.6) is 0 Å². The number of carbonyl (C=O) groups is 1. The van der Waals surface area contributed by atoms with Gasteiger partial charge < -0.3 is 15.4 Å². The normalized spacial score (nSPS) is 14.4. The van der Waals surface area contributed by atoms with Crippen LogP contribution < -0.4 is 15.4 Å². The lowest BCUT2D eigenvalue weighted by atomic mass is 10.1. The molecule has 0 aliphatic carbocycles. The number of nitrogens with one attached hydrogen (secondary N) is 3. The minimum absolute atomic E-state index is 0.00271. The van der Waals surface area contributed by atoms with Crippen LogP contribution in [0.25, 0.3) is 11.1 Å². The lowest BCUT2D eigenvalue weighted by molar-refractivity contribution is -0.137. The van der Waals surface area contributed by atoms with Gasteiger partial charge in [-0.3, -0.25) is 4.79 Å². The Labute approximate surface area is 198 Å². The first-order chi connectivity index (χ1) is 16.1. The van der Waals surface area contributed by atoms with Gasteiger partial charge in [-0.05, 0) is 52.7 Å². The molecule has 2 heterocycles. The van der Waals surface area contributed by atoms with E-state index in [4.69, 9.17) is 4.74 Å². The number of hydrogen-bond acceptors (Lipinski definition) is 6. The third-order valence-corrected chi connectivity index (χ3v) is 7.21. The summed E-state index contributed by atoms with van der Waals surface area (Å²) in [6, 6.07) is 10.4. The molecule has 1 aliphatic rings. The minimum atomic E-state index is -4.53. The molecular weight excluding hydrogens is 491 g/mol. The van der Waals surface area contributed by atoms with Crippen molar-refractivity contribution in [1.29, 1.82) is 0 Å². The van der Waals surface area contributed by atoms with Crippen LogP contribution >= 0.6 is 11.3 Å². The molecule has 7 nitrogen and oxygen atoms in total. The van der Waals surface area contributed by atoms with Crippen LogP contribution in [-0.4, -0.2) is 40.1 Å². The summed E-state index contributed by atoms with van der Waals surface area (Å²) in [6.45, 7) is 0.306. The summed E-state index contributed by atoms with van der Waals surface area (Å²) in [5.74, 6) is -0.589. The van der Waals surface area contributed by atoms with Gasteiger partial charge in [0.2, 0.25) is 15.9 Å². The van der Waals surface area contributed by atoms with Gasteiger partial charge in [0.15, 0.2) is 0 Å². The summed E-state index contributed by atoms with van der Waals surface area (Å²) in [7, 11) is -3.81. The van der Waals surface area contributed by atoms with E-state index in [0.717, 1.165) is 17.7 Å². The number of thiophene rings is 1. The molecule has 180 valence electrons. The van der Waals surface area contributed by atoms with E-state index in [1.54, 1.807) is 6.07 Å². The maximum atomic E-state index is 12.9. The lowest BCUT2D eigenvalue weighted by Gasteiger charge is -2.26. The zero-order chi connectivity index (χ0) is 24.3. The Morgan fingerprint density at radius 3 is 2.56 bits per heavy atom. The van der Waals surface area contributed by atoms with E-state index in [1.807, 2.05) is 16.8 Å². The first-order valence-corrected chi connectivity index (χ1v) is 12.5. The maximum Gasteiger partial charge on any atom is 0.416 e. The van der Waals surface area contributed by atoms with Crippen LogP contribution in [0.4, 0.5) is 24.5 Å². The van der Waals surface area contributed by atoms with E-state index < -0.39 is 27.7 Å². The quantitative estimate of drug-likeness (QED) is 0.422. The molecule has 0 radical (unpaired) electrons. The van der Waals surface area contributed by atoms with Gasteiger partial charge in [-0.1, -0.05) is 12.1 Å². The number of benzene rings is 2. The molecule has 0 spiro atoms. The van der Waals surface area contributed by atoms with E-state index in [9.17, 15) is 26.4 Å². The number of carbonyl (C=O) groups excluding carboxylic acids is 1. The molecule has 0 unspecified atom stereocenters. The molecule has 0 bridgehead atoms. The molecule has 1 aliphatic heterocycles. The van der Waals surface area contributed by atoms with Crippen molar-refractivity contribution in [3.8, 4) is 11.1 Å². The highest BCUT2D eigenvalue weighted by Crippen LogP contribution is 2.33. The van der Waals surface area contributed by atoms with Crippen LogP contribution in [0, 0.1) is 0 Å². The molecule has 0 atom stereocenters. The Kier molecular flexibility index (Phi) is 6.94. The summed E-state index contributed by atoms with van der Waals surface area (Å²) in [5.41, 5.74) is 1.03. The number of anilines is 2. The molecule has 12 heteroatoms. The first-order valence-electron chi connectivity index (χ1n) is 10.1. The SMILES string of the molecule is O=C(CNc1cc(S(=O)(=O)NC2COC2)ccc1-c1ccsc1)Nc1cccc(C(F)(F)F)c1. The van der Waals surface area contributed by atoms with Crippen LogP contribution in [0.2, 0.25) is 0 Å². The third-order valence-electron chi connectivity index (χ3n) is 5.01. The second-order valence-electron chi connectivity index (χ2n) is 7.56. The van der Waals surface area contributed by atoms with Gasteiger partial charge >= 0.3 is 6.18 Å². The van der Waals surface area contributed by atoms with Gasteiger partial charge in [0, 0.05) is 16.9 Å². The van der Waals surface area contributed by atoms with E-state index >= 15 is 0 Å². The zero-order valence-corrected chi connectivity index (χ0v) is 19.2. The van der Waals surface area contributed by atoms with Crippen molar-refractivity contribution in [2.24, 2.45) is 0 Å². The molecule has 1 saturated heterocycles. The van der Waals surface area contributed by atoms with Crippen molar-refractivity contribution in [2.75, 3.05) is 30.4 Å². The largest absolute Gasteiger partial charge is 0.416 e. The number of halogens is 3. The van der Waals surface area contributed by atoms with Gasteiger partial charge in [0.05, 0.1) is 36.3 Å². The second kappa shape index (κ2) is 9.74. The van der Waals surface area contributed by atoms with Crippen LogP contribution in [0.3, 0.4) is 0 Å². The molecule has 2 aromatic carbocycles. The summed E-state index contributed by atoms with van der Waals surface area (Å²) in [6.07, 6.45) is -4.53. The minimum Gasteiger partial charge on any atom is -0.378 e. The van der Waals surface area contributed by atoms with Crippen LogP contribution in [-0.2, 0) is 25.7 Å². The first kappa shape index (κ1) is 24.2. The topological polar surface area (TPSA) is 96.5 Å². The van der Waals surface area contributed by atoms with E-state index in [0.29, 0.717) is 24.5 Å². The highest BCUT2D eigenvalue weighted by atomic mass is 32.2. The predicted molar refractivity (Wildman–Crippen MR) is 123 cm³/mol. The summed E-state index contributed by atoms with van der Waals surface area (Å²) < 4.78 is 71.7. The lowest BCUT2D eigenvalue weighted by Crippen LogP contribution is -2.48. The summed E-state index contributed by atoms with van der Waals surface area (Å²) in [5, 5.41) is 9.07. The van der Waals surface area contributed by atoms with Gasteiger partial charge in [0.1, 0.15) is 0 Å². The molecule has 4 rings (SSSR count). The van der Waals surface area contributed by atoms with Crippen LogP contribution in [0.1, 0.15) is 5.56 Å². The number of rotatable bonds is 8. The molecule has 34 heavy (non-hydrogen) atoms. The fraction of sp³-hybridized carbons (Fsp3) is 0.227. The third kappa shape index (κ3) is 5.76. The number of ether oxygens (including phenoxy) is 1. The number of amides is 1. The van der Waals surface area contributed by atoms with E-state index in [1.165, 1.54) is 35.6 Å². The Balaban J connectivity index is 1.52. The molecular formula is C22H20F3N3O4S2. The standard InChI is InChI=1S/C22H20F3N3O4S2/c23-22(24,25)15-2-1-3-16(8-15)27-21(29)10-26-20-9-18(34(30,31)28-17-11-32-12-17)4-5-19(20)14-6-7-33-13-14/h1-9,13,17,26,28H,10-12H2,(H,27,29). The molecule has 1 aromatic heterocycles. The van der Waals surface area contributed by atoms with Crippen molar-refractivity contribution >= 4 is 38.6 Å². The Hall–Kier alpha value is -2.93. The Bertz CT molecular complexity index is 1270. The van der Waals surface area contributed by atoms with E-state index in [2.05, 4.69) is 15.4 Å². The van der Waals surface area contributed by atoms with Crippen molar-refractivity contribution in [2.45, 2.75) is 17.1 Å². The van der Waals surface area contributed by atoms with Gasteiger partial charge in [-0.15, -0.1) is 0 Å². The molecule has 3 N–H and O–H groups in total. The summed E-state index contributed by atoms with van der Waals surface area (Å²) >= 11 is 1.46. The molecule has 1 fully saturated rings. The maximum absolute atomic E-state index is 12.9. The number of alkyl halides is 3. The zero-order valence-electron chi connectivity index (χ0n) is 17.6. The summed E-state index contributed by atoms with van der Waals surface area (Å²) in [4.78, 5) is 12.4. The Morgan fingerprint density at radius 2 is 1.91 bits per heavy atom. The van der Waals surface area contributed by atoms with E-state index in [-0.39, 0.29) is 23.2 Å². The fourth-order valence-electron chi connectivity index (χ4n) is 3.25. The fourth-order valence-corrected chi connectivity index (χ4v) is 5.14. The van der Waals surface area contributed by atoms with Gasteiger partial charge in [-0.25, -0.2) is 13.1 Å². The molecule has 1 amide bonds. The second-order valence-corrected chi connectivity index (χ2v) is 10.0. The van der Waals surface area contributed by atoms with Crippen LogP contribution in [0.15, 0.2) is 64.2 Å².